The zero-order valence-electron chi connectivity index (χ0n) is 6.51. The van der Waals surface area contributed by atoms with Crippen LogP contribution in [-0.2, 0) is 9.47 Å². The lowest BCUT2D eigenvalue weighted by atomic mass is 10.1. The molecule has 1 aliphatic heterocycles. The van der Waals surface area contributed by atoms with E-state index in [1.807, 2.05) is 13.0 Å². The van der Waals surface area contributed by atoms with Gasteiger partial charge in [0, 0.05) is 0 Å². The van der Waals surface area contributed by atoms with Gasteiger partial charge in [0.05, 0.1) is 0 Å². The molecule has 1 aliphatic carbocycles. The lowest BCUT2D eigenvalue weighted by molar-refractivity contribution is -0.341. The van der Waals surface area contributed by atoms with E-state index in [1.54, 1.807) is 6.08 Å². The van der Waals surface area contributed by atoms with Crippen molar-refractivity contribution in [1.82, 2.24) is 0 Å². The predicted octanol–water partition coefficient (Wildman–Crippen LogP) is 2.19. The molecule has 0 radical (unpaired) electrons. The summed E-state index contributed by atoms with van der Waals surface area (Å²) in [5, 5.41) is 0. The van der Waals surface area contributed by atoms with Crippen LogP contribution in [0.4, 0.5) is 8.78 Å². The molecule has 1 heterocycles. The Morgan fingerprint density at radius 2 is 2.33 bits per heavy atom. The van der Waals surface area contributed by atoms with Gasteiger partial charge in [0.15, 0.2) is 0 Å². The summed E-state index contributed by atoms with van der Waals surface area (Å²) in [6, 6.07) is 0. The van der Waals surface area contributed by atoms with Crippen molar-refractivity contribution in [3.05, 3.63) is 23.5 Å². The third-order valence-corrected chi connectivity index (χ3v) is 1.86. The third-order valence-electron chi connectivity index (χ3n) is 1.86. The van der Waals surface area contributed by atoms with E-state index in [4.69, 9.17) is 0 Å². The van der Waals surface area contributed by atoms with Gasteiger partial charge in [-0.1, -0.05) is 11.6 Å². The molecule has 4 heteroatoms. The highest BCUT2D eigenvalue weighted by molar-refractivity contribution is 5.27. The lowest BCUT2D eigenvalue weighted by Gasteiger charge is -2.09. The second-order valence-corrected chi connectivity index (χ2v) is 2.90. The van der Waals surface area contributed by atoms with Crippen LogP contribution >= 0.6 is 0 Å². The average molecular weight is 174 g/mol. The second kappa shape index (κ2) is 2.29. The molecule has 0 amide bonds. The van der Waals surface area contributed by atoms with Crippen LogP contribution in [0.1, 0.15) is 13.3 Å². The minimum atomic E-state index is -3.44. The zero-order valence-corrected chi connectivity index (χ0v) is 6.51. The van der Waals surface area contributed by atoms with E-state index in [2.05, 4.69) is 9.47 Å². The van der Waals surface area contributed by atoms with E-state index in [0.29, 0.717) is 6.42 Å². The minimum Gasteiger partial charge on any atom is -0.411 e. The van der Waals surface area contributed by atoms with Crippen molar-refractivity contribution in [3.8, 4) is 0 Å². The largest absolute Gasteiger partial charge is 0.535 e. The molecule has 2 nitrogen and oxygen atoms in total. The topological polar surface area (TPSA) is 18.5 Å². The van der Waals surface area contributed by atoms with Crippen molar-refractivity contribution in [2.75, 3.05) is 0 Å². The van der Waals surface area contributed by atoms with Crippen LogP contribution in [0.3, 0.4) is 0 Å². The number of ether oxygens (including phenoxy) is 2. The molecule has 2 rings (SSSR count). The first-order valence-electron chi connectivity index (χ1n) is 3.70. The number of hydrogen-bond donors (Lipinski definition) is 0. The molecule has 66 valence electrons. The van der Waals surface area contributed by atoms with E-state index >= 15 is 0 Å². The third kappa shape index (κ3) is 1.22. The highest BCUT2D eigenvalue weighted by Gasteiger charge is 2.47. The van der Waals surface area contributed by atoms with Crippen molar-refractivity contribution in [3.63, 3.8) is 0 Å². The van der Waals surface area contributed by atoms with Crippen LogP contribution in [0.2, 0.25) is 0 Å². The molecule has 12 heavy (non-hydrogen) atoms. The Hall–Kier alpha value is -0.900. The van der Waals surface area contributed by atoms with Gasteiger partial charge >= 0.3 is 6.29 Å². The number of hydrogen-bond acceptors (Lipinski definition) is 2. The molecule has 1 atom stereocenters. The molecule has 1 saturated heterocycles. The fourth-order valence-electron chi connectivity index (χ4n) is 1.31. The summed E-state index contributed by atoms with van der Waals surface area (Å²) in [5.41, 5.74) is 0.933. The van der Waals surface area contributed by atoms with E-state index in [0.717, 1.165) is 5.57 Å². The Kier molecular flexibility index (Phi) is 1.48. The normalized spacial score (nSPS) is 31.8. The Morgan fingerprint density at radius 1 is 1.58 bits per heavy atom. The lowest BCUT2D eigenvalue weighted by Crippen LogP contribution is -2.17. The number of alkyl halides is 2. The van der Waals surface area contributed by atoms with Gasteiger partial charge in [-0.3, -0.25) is 4.74 Å². The summed E-state index contributed by atoms with van der Waals surface area (Å²) in [6.45, 7) is 1.84. The SMILES string of the molecule is CC1=CCC2OC(F)(F)OC2=C1. The standard InChI is InChI=1S/C8H8F2O2/c1-5-2-3-6-7(4-5)12-8(9,10)11-6/h2,4,6H,3H2,1H3. The number of rotatable bonds is 0. The fourth-order valence-corrected chi connectivity index (χ4v) is 1.31. The van der Waals surface area contributed by atoms with Crippen molar-refractivity contribution >= 4 is 0 Å². The summed E-state index contributed by atoms with van der Waals surface area (Å²) in [5.74, 6) is 0.236. The summed E-state index contributed by atoms with van der Waals surface area (Å²) < 4.78 is 33.6. The molecule has 0 spiro atoms. The Balaban J connectivity index is 2.23. The number of allylic oxidation sites excluding steroid dienone is 2. The summed E-state index contributed by atoms with van der Waals surface area (Å²) in [4.78, 5) is 0. The van der Waals surface area contributed by atoms with Crippen LogP contribution in [0.25, 0.3) is 0 Å². The second-order valence-electron chi connectivity index (χ2n) is 2.90. The van der Waals surface area contributed by atoms with Crippen LogP contribution in [0, 0.1) is 0 Å². The van der Waals surface area contributed by atoms with Crippen molar-refractivity contribution in [1.29, 1.82) is 0 Å². The maximum Gasteiger partial charge on any atom is 0.535 e. The molecular formula is C8H8F2O2. The molecule has 0 N–H and O–H groups in total. The Labute approximate surface area is 68.5 Å². The van der Waals surface area contributed by atoms with Crippen molar-refractivity contribution < 1.29 is 18.3 Å². The van der Waals surface area contributed by atoms with E-state index in [9.17, 15) is 8.78 Å². The van der Waals surface area contributed by atoms with Gasteiger partial charge in [-0.25, -0.2) is 0 Å². The highest BCUT2D eigenvalue weighted by atomic mass is 19.3. The van der Waals surface area contributed by atoms with E-state index in [1.165, 1.54) is 0 Å². The molecule has 0 aromatic heterocycles. The molecule has 0 saturated carbocycles. The predicted molar refractivity (Wildman–Crippen MR) is 37.4 cm³/mol. The summed E-state index contributed by atoms with van der Waals surface area (Å²) in [6.07, 6.45) is -0.139. The minimum absolute atomic E-state index is 0.236. The first-order valence-corrected chi connectivity index (χ1v) is 3.70. The quantitative estimate of drug-likeness (QED) is 0.560. The zero-order chi connectivity index (χ0) is 8.77. The van der Waals surface area contributed by atoms with Crippen LogP contribution in [-0.4, -0.2) is 12.4 Å². The van der Waals surface area contributed by atoms with Crippen LogP contribution in [0.5, 0.6) is 0 Å². The molecule has 0 bridgehead atoms. The molecule has 2 aliphatic rings. The first kappa shape index (κ1) is 7.73. The molecule has 1 unspecified atom stereocenters. The maximum atomic E-state index is 12.5. The first-order chi connectivity index (χ1) is 5.57. The molecule has 1 fully saturated rings. The Bertz CT molecular complexity index is 268. The maximum absolute atomic E-state index is 12.5. The van der Waals surface area contributed by atoms with Gasteiger partial charge in [0.2, 0.25) is 0 Å². The van der Waals surface area contributed by atoms with Gasteiger partial charge in [0.25, 0.3) is 0 Å². The highest BCUT2D eigenvalue weighted by Crippen LogP contribution is 2.37. The molecule has 0 aromatic rings. The fraction of sp³-hybridized carbons (Fsp3) is 0.500. The molecule has 0 aromatic carbocycles. The van der Waals surface area contributed by atoms with E-state index < -0.39 is 12.4 Å². The average Bonchev–Trinajstić information content (AvgIpc) is 2.21. The van der Waals surface area contributed by atoms with Crippen LogP contribution in [0.15, 0.2) is 23.5 Å². The summed E-state index contributed by atoms with van der Waals surface area (Å²) >= 11 is 0. The van der Waals surface area contributed by atoms with Gasteiger partial charge in [-0.15, -0.1) is 8.78 Å². The monoisotopic (exact) mass is 174 g/mol. The van der Waals surface area contributed by atoms with Gasteiger partial charge in [0.1, 0.15) is 11.9 Å². The Morgan fingerprint density at radius 3 is 3.08 bits per heavy atom. The molecular weight excluding hydrogens is 166 g/mol. The summed E-state index contributed by atoms with van der Waals surface area (Å²) in [7, 11) is 0. The van der Waals surface area contributed by atoms with Crippen LogP contribution < -0.4 is 0 Å². The number of halogens is 2. The van der Waals surface area contributed by atoms with E-state index in [-0.39, 0.29) is 5.76 Å². The van der Waals surface area contributed by atoms with Crippen molar-refractivity contribution in [2.24, 2.45) is 0 Å². The van der Waals surface area contributed by atoms with Crippen molar-refractivity contribution in [2.45, 2.75) is 25.7 Å². The van der Waals surface area contributed by atoms with Gasteiger partial charge < -0.3 is 4.74 Å². The van der Waals surface area contributed by atoms with Gasteiger partial charge in [-0.2, -0.15) is 0 Å². The number of fused-ring (bicyclic) bond motifs is 1. The van der Waals surface area contributed by atoms with Gasteiger partial charge in [-0.05, 0) is 19.4 Å². The smallest absolute Gasteiger partial charge is 0.411 e.